The molecule has 0 bridgehead atoms. The topological polar surface area (TPSA) is 32.3 Å². The number of thioether (sulfide) groups is 1. The number of likely N-dealkylation sites (tertiary alicyclic amines) is 1. The molecular formula is C13H24N2OS. The van der Waals surface area contributed by atoms with Crippen molar-refractivity contribution in [2.75, 3.05) is 31.1 Å². The molecule has 1 N–H and O–H groups in total. The third kappa shape index (κ3) is 3.88. The van der Waals surface area contributed by atoms with E-state index in [1.165, 1.54) is 25.0 Å². The summed E-state index contributed by atoms with van der Waals surface area (Å²) in [6, 6.07) is 0.408. The molecule has 0 spiro atoms. The first kappa shape index (κ1) is 13.2. The minimum Gasteiger partial charge on any atom is -0.343 e. The predicted molar refractivity (Wildman–Crippen MR) is 73.3 cm³/mol. The second-order valence-electron chi connectivity index (χ2n) is 5.16. The summed E-state index contributed by atoms with van der Waals surface area (Å²) in [7, 11) is 0. The van der Waals surface area contributed by atoms with Gasteiger partial charge in [-0.05, 0) is 18.8 Å². The highest BCUT2D eigenvalue weighted by atomic mass is 32.2. The van der Waals surface area contributed by atoms with Crippen molar-refractivity contribution in [3.05, 3.63) is 0 Å². The van der Waals surface area contributed by atoms with Gasteiger partial charge in [0.1, 0.15) is 0 Å². The van der Waals surface area contributed by atoms with Crippen LogP contribution < -0.4 is 5.32 Å². The first-order valence-electron chi connectivity index (χ1n) is 6.88. The molecule has 2 saturated heterocycles. The van der Waals surface area contributed by atoms with Crippen LogP contribution in [0.15, 0.2) is 0 Å². The van der Waals surface area contributed by atoms with E-state index in [-0.39, 0.29) is 0 Å². The zero-order chi connectivity index (χ0) is 12.1. The molecule has 0 aromatic heterocycles. The number of nitrogens with zero attached hydrogens (tertiary/aromatic N) is 1. The van der Waals surface area contributed by atoms with E-state index in [4.69, 9.17) is 0 Å². The molecule has 1 unspecified atom stereocenters. The van der Waals surface area contributed by atoms with Gasteiger partial charge in [-0.2, -0.15) is 11.8 Å². The molecule has 2 heterocycles. The van der Waals surface area contributed by atoms with Crippen molar-refractivity contribution < 1.29 is 4.79 Å². The summed E-state index contributed by atoms with van der Waals surface area (Å²) < 4.78 is 0. The molecule has 1 atom stereocenters. The first-order chi connectivity index (χ1) is 8.29. The lowest BCUT2D eigenvalue weighted by Gasteiger charge is -2.33. The molecule has 0 saturated carbocycles. The van der Waals surface area contributed by atoms with Gasteiger partial charge in [0, 0.05) is 43.6 Å². The van der Waals surface area contributed by atoms with Gasteiger partial charge >= 0.3 is 0 Å². The fourth-order valence-electron chi connectivity index (χ4n) is 2.68. The Morgan fingerprint density at radius 3 is 2.76 bits per heavy atom. The maximum Gasteiger partial charge on any atom is 0.224 e. The summed E-state index contributed by atoms with van der Waals surface area (Å²) in [6.07, 6.45) is 4.37. The van der Waals surface area contributed by atoms with Gasteiger partial charge in [0.15, 0.2) is 0 Å². The molecule has 2 fully saturated rings. The number of piperidine rings is 1. The highest BCUT2D eigenvalue weighted by Gasteiger charge is 2.24. The Morgan fingerprint density at radius 2 is 2.18 bits per heavy atom. The zero-order valence-electron chi connectivity index (χ0n) is 10.8. The molecule has 0 aliphatic carbocycles. The minimum absolute atomic E-state index is 0.361. The van der Waals surface area contributed by atoms with Crippen molar-refractivity contribution in [3.8, 4) is 0 Å². The normalized spacial score (nSPS) is 27.1. The van der Waals surface area contributed by atoms with Crippen LogP contribution in [0.5, 0.6) is 0 Å². The molecule has 17 heavy (non-hydrogen) atoms. The standard InChI is InChI=1S/C13H24N2OS/c1-2-11-3-6-15(7-4-11)13(16)9-12-10-17-8-5-14-12/h11-12,14H,2-10H2,1H3. The zero-order valence-corrected chi connectivity index (χ0v) is 11.6. The van der Waals surface area contributed by atoms with Crippen molar-refractivity contribution in [2.24, 2.45) is 5.92 Å². The van der Waals surface area contributed by atoms with Crippen molar-refractivity contribution in [2.45, 2.75) is 38.6 Å². The van der Waals surface area contributed by atoms with Gasteiger partial charge in [-0.25, -0.2) is 0 Å². The third-order valence-electron chi connectivity index (χ3n) is 3.96. The predicted octanol–water partition coefficient (Wildman–Crippen LogP) is 1.73. The van der Waals surface area contributed by atoms with Crippen molar-refractivity contribution in [1.82, 2.24) is 10.2 Å². The number of hydrogen-bond acceptors (Lipinski definition) is 3. The maximum absolute atomic E-state index is 12.1. The summed E-state index contributed by atoms with van der Waals surface area (Å²) >= 11 is 1.96. The fourth-order valence-corrected chi connectivity index (χ4v) is 3.63. The number of carbonyl (C=O) groups excluding carboxylic acids is 1. The molecule has 0 aromatic carbocycles. The maximum atomic E-state index is 12.1. The Hall–Kier alpha value is -0.220. The smallest absolute Gasteiger partial charge is 0.224 e. The number of nitrogens with one attached hydrogen (secondary N) is 1. The fraction of sp³-hybridized carbons (Fsp3) is 0.923. The van der Waals surface area contributed by atoms with E-state index in [1.807, 2.05) is 11.8 Å². The molecule has 2 aliphatic heterocycles. The van der Waals surface area contributed by atoms with Gasteiger partial charge in [0.2, 0.25) is 5.91 Å². The van der Waals surface area contributed by atoms with Gasteiger partial charge in [0.05, 0.1) is 0 Å². The van der Waals surface area contributed by atoms with Gasteiger partial charge in [-0.15, -0.1) is 0 Å². The quantitative estimate of drug-likeness (QED) is 0.834. The lowest BCUT2D eigenvalue weighted by molar-refractivity contribution is -0.133. The largest absolute Gasteiger partial charge is 0.343 e. The molecular weight excluding hydrogens is 232 g/mol. The first-order valence-corrected chi connectivity index (χ1v) is 8.04. The van der Waals surface area contributed by atoms with Crippen LogP contribution >= 0.6 is 11.8 Å². The Labute approximate surface area is 109 Å². The molecule has 98 valence electrons. The van der Waals surface area contributed by atoms with Gasteiger partial charge in [-0.3, -0.25) is 4.79 Å². The Kier molecular flexibility index (Phi) is 5.16. The summed E-state index contributed by atoms with van der Waals surface area (Å²) in [6.45, 7) is 5.28. The van der Waals surface area contributed by atoms with Crippen LogP contribution in [0.2, 0.25) is 0 Å². The van der Waals surface area contributed by atoms with E-state index < -0.39 is 0 Å². The van der Waals surface area contributed by atoms with Gasteiger partial charge in [-0.1, -0.05) is 13.3 Å². The molecule has 4 heteroatoms. The second kappa shape index (κ2) is 6.64. The van der Waals surface area contributed by atoms with Crippen LogP contribution in [0, 0.1) is 5.92 Å². The highest BCUT2D eigenvalue weighted by Crippen LogP contribution is 2.21. The Bertz CT molecular complexity index is 246. The number of rotatable bonds is 3. The van der Waals surface area contributed by atoms with E-state index in [0.29, 0.717) is 18.4 Å². The highest BCUT2D eigenvalue weighted by molar-refractivity contribution is 7.99. The average molecular weight is 256 g/mol. The van der Waals surface area contributed by atoms with Crippen LogP contribution in [0.1, 0.15) is 32.6 Å². The van der Waals surface area contributed by atoms with E-state index in [9.17, 15) is 4.79 Å². The Balaban J connectivity index is 1.72. The monoisotopic (exact) mass is 256 g/mol. The number of carbonyl (C=O) groups is 1. The lowest BCUT2D eigenvalue weighted by atomic mass is 9.94. The molecule has 2 rings (SSSR count). The van der Waals surface area contributed by atoms with Gasteiger partial charge in [0.25, 0.3) is 0 Å². The van der Waals surface area contributed by atoms with E-state index in [0.717, 1.165) is 31.3 Å². The van der Waals surface area contributed by atoms with Crippen LogP contribution in [-0.4, -0.2) is 48.0 Å². The molecule has 1 amide bonds. The number of hydrogen-bond donors (Lipinski definition) is 1. The Morgan fingerprint density at radius 1 is 1.41 bits per heavy atom. The summed E-state index contributed by atoms with van der Waals surface area (Å²) in [5.74, 6) is 3.49. The molecule has 0 radical (unpaired) electrons. The van der Waals surface area contributed by atoms with Crippen LogP contribution in [0.25, 0.3) is 0 Å². The second-order valence-corrected chi connectivity index (χ2v) is 6.31. The molecule has 3 nitrogen and oxygen atoms in total. The van der Waals surface area contributed by atoms with E-state index in [2.05, 4.69) is 17.1 Å². The lowest BCUT2D eigenvalue weighted by Crippen LogP contribution is -2.44. The molecule has 0 aromatic rings. The summed E-state index contributed by atoms with van der Waals surface area (Å²) in [5, 5.41) is 3.44. The van der Waals surface area contributed by atoms with Crippen LogP contribution in [-0.2, 0) is 4.79 Å². The number of amides is 1. The minimum atomic E-state index is 0.361. The average Bonchev–Trinajstić information content (AvgIpc) is 2.40. The summed E-state index contributed by atoms with van der Waals surface area (Å²) in [4.78, 5) is 14.2. The van der Waals surface area contributed by atoms with Crippen molar-refractivity contribution in [1.29, 1.82) is 0 Å². The SMILES string of the molecule is CCC1CCN(C(=O)CC2CSCCN2)CC1. The van der Waals surface area contributed by atoms with E-state index >= 15 is 0 Å². The van der Waals surface area contributed by atoms with Crippen molar-refractivity contribution in [3.63, 3.8) is 0 Å². The molecule has 2 aliphatic rings. The van der Waals surface area contributed by atoms with Crippen LogP contribution in [0.3, 0.4) is 0 Å². The summed E-state index contributed by atoms with van der Waals surface area (Å²) in [5.41, 5.74) is 0. The van der Waals surface area contributed by atoms with Crippen LogP contribution in [0.4, 0.5) is 0 Å². The van der Waals surface area contributed by atoms with E-state index in [1.54, 1.807) is 0 Å². The van der Waals surface area contributed by atoms with Crippen molar-refractivity contribution >= 4 is 17.7 Å². The van der Waals surface area contributed by atoms with Gasteiger partial charge < -0.3 is 10.2 Å². The third-order valence-corrected chi connectivity index (χ3v) is 5.09.